The molecule has 1 aromatic rings. The van der Waals surface area contributed by atoms with E-state index in [0.29, 0.717) is 17.8 Å². The van der Waals surface area contributed by atoms with Gasteiger partial charge in [0.05, 0.1) is 0 Å². The normalized spacial score (nSPS) is 27.7. The molecule has 2 aliphatic rings. The van der Waals surface area contributed by atoms with Gasteiger partial charge in [0.2, 0.25) is 5.82 Å². The smallest absolute Gasteiger partial charge is 0.342 e. The molecule has 7 nitrogen and oxygen atoms in total. The highest BCUT2D eigenvalue weighted by atomic mass is 16.2. The van der Waals surface area contributed by atoms with Crippen LogP contribution in [0.2, 0.25) is 0 Å². The van der Waals surface area contributed by atoms with Crippen LogP contribution in [0, 0.1) is 5.92 Å². The van der Waals surface area contributed by atoms with Gasteiger partial charge in [-0.1, -0.05) is 0 Å². The summed E-state index contributed by atoms with van der Waals surface area (Å²) in [5, 5.41) is 9.72. The van der Waals surface area contributed by atoms with E-state index < -0.39 is 11.2 Å². The lowest BCUT2D eigenvalue weighted by Crippen LogP contribution is -2.46. The van der Waals surface area contributed by atoms with E-state index in [1.807, 2.05) is 4.90 Å². The van der Waals surface area contributed by atoms with Gasteiger partial charge in [-0.15, -0.1) is 5.10 Å². The summed E-state index contributed by atoms with van der Waals surface area (Å²) in [6.07, 6.45) is 4.70. The molecule has 0 spiro atoms. The van der Waals surface area contributed by atoms with Crippen LogP contribution in [0.4, 0.5) is 5.82 Å². The van der Waals surface area contributed by atoms with Gasteiger partial charge in [0, 0.05) is 19.1 Å². The summed E-state index contributed by atoms with van der Waals surface area (Å²) in [5.41, 5.74) is -0.955. The molecule has 0 amide bonds. The molecule has 2 aliphatic heterocycles. The molecule has 7 heteroatoms. The Morgan fingerprint density at radius 3 is 2.84 bits per heavy atom. The highest BCUT2D eigenvalue weighted by Gasteiger charge is 2.30. The molecule has 0 aromatic carbocycles. The average Bonchev–Trinajstić information content (AvgIpc) is 2.93. The number of piperidine rings is 1. The molecule has 0 radical (unpaired) electrons. The van der Waals surface area contributed by atoms with E-state index in [1.165, 1.54) is 19.3 Å². The molecule has 19 heavy (non-hydrogen) atoms. The zero-order valence-electron chi connectivity index (χ0n) is 10.8. The van der Waals surface area contributed by atoms with Gasteiger partial charge < -0.3 is 10.2 Å². The van der Waals surface area contributed by atoms with Gasteiger partial charge in [-0.05, 0) is 38.1 Å². The van der Waals surface area contributed by atoms with Gasteiger partial charge in [0.25, 0.3) is 5.56 Å². The molecule has 0 bridgehead atoms. The number of aromatic amines is 2. The summed E-state index contributed by atoms with van der Waals surface area (Å²) in [6, 6.07) is 0.560. The molecule has 3 N–H and O–H groups in total. The molecule has 104 valence electrons. The highest BCUT2D eigenvalue weighted by Crippen LogP contribution is 2.25. The topological polar surface area (TPSA) is 93.9 Å². The number of hydrogen-bond acceptors (Lipinski definition) is 5. The largest absolute Gasteiger partial charge is 0.350 e. The van der Waals surface area contributed by atoms with Crippen LogP contribution >= 0.6 is 0 Å². The summed E-state index contributed by atoms with van der Waals surface area (Å²) in [6.45, 7) is 2.75. The maximum absolute atomic E-state index is 11.8. The second kappa shape index (κ2) is 5.16. The summed E-state index contributed by atoms with van der Waals surface area (Å²) in [4.78, 5) is 27.0. The molecule has 2 fully saturated rings. The summed E-state index contributed by atoms with van der Waals surface area (Å²) in [5.74, 6) is 0.895. The molecular weight excluding hydrogens is 246 g/mol. The van der Waals surface area contributed by atoms with Crippen molar-refractivity contribution in [3.63, 3.8) is 0 Å². The van der Waals surface area contributed by atoms with Crippen molar-refractivity contribution in [2.24, 2.45) is 5.92 Å². The predicted molar refractivity (Wildman–Crippen MR) is 71.4 cm³/mol. The first kappa shape index (κ1) is 12.4. The molecule has 2 saturated heterocycles. The second-order valence-corrected chi connectivity index (χ2v) is 5.38. The van der Waals surface area contributed by atoms with Gasteiger partial charge in [0.1, 0.15) is 0 Å². The summed E-state index contributed by atoms with van der Waals surface area (Å²) >= 11 is 0. The minimum Gasteiger partial charge on any atom is -0.350 e. The third-order valence-corrected chi connectivity index (χ3v) is 4.12. The van der Waals surface area contributed by atoms with Crippen molar-refractivity contribution in [3.8, 4) is 0 Å². The Labute approximate surface area is 110 Å². The number of rotatable bonds is 2. The van der Waals surface area contributed by atoms with Crippen molar-refractivity contribution in [1.82, 2.24) is 20.5 Å². The second-order valence-electron chi connectivity index (χ2n) is 5.38. The van der Waals surface area contributed by atoms with Crippen LogP contribution in [-0.2, 0) is 0 Å². The van der Waals surface area contributed by atoms with E-state index in [-0.39, 0.29) is 0 Å². The van der Waals surface area contributed by atoms with Crippen LogP contribution < -0.4 is 21.5 Å². The first-order valence-electron chi connectivity index (χ1n) is 6.91. The highest BCUT2D eigenvalue weighted by molar-refractivity contribution is 5.34. The number of nitrogens with one attached hydrogen (secondary N) is 3. The van der Waals surface area contributed by atoms with Crippen LogP contribution in [0.15, 0.2) is 9.59 Å². The fraction of sp³-hybridized carbons (Fsp3) is 0.750. The average molecular weight is 265 g/mol. The van der Waals surface area contributed by atoms with Crippen molar-refractivity contribution in [2.45, 2.75) is 31.7 Å². The lowest BCUT2D eigenvalue weighted by atomic mass is 9.90. The first-order valence-corrected chi connectivity index (χ1v) is 6.91. The SMILES string of the molecule is O=c1[nH]nc(N2CCCC(C3CCCN3)C2)c(=O)[nH]1. The number of anilines is 1. The van der Waals surface area contributed by atoms with Crippen molar-refractivity contribution < 1.29 is 0 Å². The van der Waals surface area contributed by atoms with Crippen molar-refractivity contribution in [3.05, 3.63) is 20.8 Å². The van der Waals surface area contributed by atoms with Crippen molar-refractivity contribution >= 4 is 5.82 Å². The van der Waals surface area contributed by atoms with Crippen LogP contribution in [0.1, 0.15) is 25.7 Å². The Balaban J connectivity index is 1.77. The number of nitrogens with zero attached hydrogens (tertiary/aromatic N) is 2. The van der Waals surface area contributed by atoms with E-state index in [1.54, 1.807) is 0 Å². The maximum Gasteiger partial charge on any atom is 0.342 e. The zero-order valence-corrected chi connectivity index (χ0v) is 10.8. The van der Waals surface area contributed by atoms with E-state index >= 15 is 0 Å². The Morgan fingerprint density at radius 2 is 2.11 bits per heavy atom. The molecule has 2 unspecified atom stereocenters. The standard InChI is InChI=1S/C12H19N5O2/c18-11-10(15-16-12(19)14-11)17-6-2-3-8(7-17)9-4-1-5-13-9/h8-9,13H,1-7H2,(H2,14,16,18,19). The third kappa shape index (κ3) is 2.56. The predicted octanol–water partition coefficient (Wildman–Crippen LogP) is -0.573. The van der Waals surface area contributed by atoms with Crippen LogP contribution in [-0.4, -0.2) is 40.9 Å². The molecule has 0 saturated carbocycles. The zero-order chi connectivity index (χ0) is 13.2. The third-order valence-electron chi connectivity index (χ3n) is 4.12. The Morgan fingerprint density at radius 1 is 1.21 bits per heavy atom. The van der Waals surface area contributed by atoms with Crippen LogP contribution in [0.5, 0.6) is 0 Å². The Bertz CT molecular complexity index is 546. The van der Waals surface area contributed by atoms with Gasteiger partial charge in [-0.3, -0.25) is 9.78 Å². The van der Waals surface area contributed by atoms with E-state index in [9.17, 15) is 9.59 Å². The minimum absolute atomic E-state index is 0.335. The van der Waals surface area contributed by atoms with Gasteiger partial charge in [-0.25, -0.2) is 9.89 Å². The van der Waals surface area contributed by atoms with Crippen molar-refractivity contribution in [1.29, 1.82) is 0 Å². The van der Waals surface area contributed by atoms with E-state index in [0.717, 1.165) is 26.1 Å². The summed E-state index contributed by atoms with van der Waals surface area (Å²) < 4.78 is 0. The number of aromatic nitrogens is 3. The molecule has 3 rings (SSSR count). The van der Waals surface area contributed by atoms with Gasteiger partial charge in [-0.2, -0.15) is 0 Å². The number of hydrogen-bond donors (Lipinski definition) is 3. The Hall–Kier alpha value is -1.63. The minimum atomic E-state index is -0.556. The first-order chi connectivity index (χ1) is 9.24. The number of H-pyrrole nitrogens is 2. The quantitative estimate of drug-likeness (QED) is 0.665. The van der Waals surface area contributed by atoms with Gasteiger partial charge in [0.15, 0.2) is 0 Å². The fourth-order valence-corrected chi connectivity index (χ4v) is 3.20. The van der Waals surface area contributed by atoms with Gasteiger partial charge >= 0.3 is 5.69 Å². The molecule has 2 atom stereocenters. The van der Waals surface area contributed by atoms with Crippen molar-refractivity contribution in [2.75, 3.05) is 24.5 Å². The molecular formula is C12H19N5O2. The van der Waals surface area contributed by atoms with E-state index in [2.05, 4.69) is 20.5 Å². The molecule has 3 heterocycles. The monoisotopic (exact) mass is 265 g/mol. The lowest BCUT2D eigenvalue weighted by molar-refractivity contribution is 0.327. The van der Waals surface area contributed by atoms with Crippen LogP contribution in [0.3, 0.4) is 0 Å². The van der Waals surface area contributed by atoms with Crippen LogP contribution in [0.25, 0.3) is 0 Å². The molecule has 1 aromatic heterocycles. The molecule has 0 aliphatic carbocycles. The summed E-state index contributed by atoms with van der Waals surface area (Å²) in [7, 11) is 0. The Kier molecular flexibility index (Phi) is 3.37. The maximum atomic E-state index is 11.8. The lowest BCUT2D eigenvalue weighted by Gasteiger charge is -2.35. The fourth-order valence-electron chi connectivity index (χ4n) is 3.20. The van der Waals surface area contributed by atoms with E-state index in [4.69, 9.17) is 0 Å².